The highest BCUT2D eigenvalue weighted by atomic mass is 32.2. The molecule has 1 heterocycles. The topological polar surface area (TPSA) is 111 Å². The van der Waals surface area contributed by atoms with E-state index in [2.05, 4.69) is 15.2 Å². The second kappa shape index (κ2) is 10.6. The van der Waals surface area contributed by atoms with Crippen molar-refractivity contribution in [3.63, 3.8) is 0 Å². The van der Waals surface area contributed by atoms with Gasteiger partial charge in [-0.2, -0.15) is 0 Å². The van der Waals surface area contributed by atoms with Crippen molar-refractivity contribution in [3.8, 4) is 5.75 Å². The summed E-state index contributed by atoms with van der Waals surface area (Å²) in [6.07, 6.45) is 0. The van der Waals surface area contributed by atoms with Crippen LogP contribution in [-0.2, 0) is 28.9 Å². The third-order valence-electron chi connectivity index (χ3n) is 4.93. The minimum absolute atomic E-state index is 0.0896. The molecule has 0 radical (unpaired) electrons. The molecule has 0 aliphatic heterocycles. The van der Waals surface area contributed by atoms with Gasteiger partial charge in [-0.25, -0.2) is 13.1 Å². The number of sulfonamides is 1. The number of ether oxygens (including phenoxy) is 1. The Balaban J connectivity index is 1.60. The number of rotatable bonds is 10. The molecular formula is C24H29N3O5S. The number of hydrogen-bond donors (Lipinski definition) is 2. The van der Waals surface area contributed by atoms with E-state index >= 15 is 0 Å². The zero-order chi connectivity index (χ0) is 24.0. The Labute approximate surface area is 194 Å². The molecule has 0 atom stereocenters. The maximum Gasteiger partial charge on any atom is 0.255 e. The van der Waals surface area contributed by atoms with E-state index in [1.165, 1.54) is 0 Å². The Kier molecular flexibility index (Phi) is 7.88. The fraction of sp³-hybridized carbons (Fsp3) is 0.333. The molecule has 2 N–H and O–H groups in total. The number of carbonyl (C=O) groups excluding carboxylic acids is 1. The van der Waals surface area contributed by atoms with Gasteiger partial charge in [-0.15, -0.1) is 0 Å². The van der Waals surface area contributed by atoms with Crippen LogP contribution in [-0.4, -0.2) is 25.5 Å². The summed E-state index contributed by atoms with van der Waals surface area (Å²) < 4.78 is 37.8. The van der Waals surface area contributed by atoms with Crippen LogP contribution in [0.4, 0.5) is 0 Å². The molecule has 0 fully saturated rings. The van der Waals surface area contributed by atoms with Gasteiger partial charge in [-0.1, -0.05) is 41.6 Å². The summed E-state index contributed by atoms with van der Waals surface area (Å²) in [7, 11) is -3.38. The lowest BCUT2D eigenvalue weighted by Gasteiger charge is -2.12. The standard InChI is InChI=1S/C24H29N3O5S/c1-16(2)27-33(29,30)15-20-11-9-19(10-12-20)13-25-24(28)21-7-5-6-8-23(21)31-14-22-17(3)26-32-18(22)4/h5-12,16,27H,13-15H2,1-4H3,(H,25,28). The molecule has 0 saturated carbocycles. The van der Waals surface area contributed by atoms with E-state index in [1.54, 1.807) is 62.4 Å². The number of aryl methyl sites for hydroxylation is 2. The van der Waals surface area contributed by atoms with Crippen LogP contribution in [0.5, 0.6) is 5.75 Å². The normalized spacial score (nSPS) is 11.5. The molecule has 8 nitrogen and oxygen atoms in total. The first-order valence-corrected chi connectivity index (χ1v) is 12.3. The van der Waals surface area contributed by atoms with Crippen LogP contribution in [0.1, 0.15) is 52.3 Å². The number of amides is 1. The average molecular weight is 472 g/mol. The monoisotopic (exact) mass is 471 g/mol. The third-order valence-corrected chi connectivity index (χ3v) is 6.48. The van der Waals surface area contributed by atoms with Gasteiger partial charge in [0.15, 0.2) is 0 Å². The highest BCUT2D eigenvalue weighted by Gasteiger charge is 2.15. The molecule has 9 heteroatoms. The van der Waals surface area contributed by atoms with Crippen molar-refractivity contribution < 1.29 is 22.5 Å². The smallest absolute Gasteiger partial charge is 0.255 e. The maximum atomic E-state index is 12.8. The summed E-state index contributed by atoms with van der Waals surface area (Å²) in [5.41, 5.74) is 3.57. The predicted octanol–water partition coefficient (Wildman–Crippen LogP) is 3.63. The van der Waals surface area contributed by atoms with Crippen molar-refractivity contribution in [2.75, 3.05) is 0 Å². The van der Waals surface area contributed by atoms with Gasteiger partial charge < -0.3 is 14.6 Å². The molecule has 1 aromatic heterocycles. The molecule has 0 unspecified atom stereocenters. The Morgan fingerprint density at radius 3 is 2.36 bits per heavy atom. The largest absolute Gasteiger partial charge is 0.488 e. The molecule has 2 aromatic carbocycles. The number of carbonyl (C=O) groups is 1. The van der Waals surface area contributed by atoms with Gasteiger partial charge in [-0.05, 0) is 51.0 Å². The lowest BCUT2D eigenvalue weighted by molar-refractivity contribution is 0.0946. The zero-order valence-corrected chi connectivity index (χ0v) is 20.0. The van der Waals surface area contributed by atoms with Gasteiger partial charge in [0.2, 0.25) is 10.0 Å². The van der Waals surface area contributed by atoms with E-state index in [0.29, 0.717) is 29.2 Å². The van der Waals surface area contributed by atoms with Crippen LogP contribution in [0.15, 0.2) is 53.1 Å². The van der Waals surface area contributed by atoms with Gasteiger partial charge in [-0.3, -0.25) is 4.79 Å². The first kappa shape index (κ1) is 24.5. The van der Waals surface area contributed by atoms with E-state index in [-0.39, 0.29) is 24.3 Å². The third kappa shape index (κ3) is 6.90. The van der Waals surface area contributed by atoms with Gasteiger partial charge in [0.1, 0.15) is 18.1 Å². The molecule has 0 saturated heterocycles. The van der Waals surface area contributed by atoms with Crippen molar-refractivity contribution in [1.29, 1.82) is 0 Å². The van der Waals surface area contributed by atoms with Gasteiger partial charge in [0.05, 0.1) is 22.6 Å². The van der Waals surface area contributed by atoms with E-state index in [1.807, 2.05) is 13.8 Å². The fourth-order valence-corrected chi connectivity index (χ4v) is 4.72. The summed E-state index contributed by atoms with van der Waals surface area (Å²) in [5, 5.41) is 6.80. The summed E-state index contributed by atoms with van der Waals surface area (Å²) in [6.45, 7) is 7.77. The number of para-hydroxylation sites is 1. The maximum absolute atomic E-state index is 12.8. The Hall–Kier alpha value is -3.17. The molecule has 3 aromatic rings. The molecule has 0 aliphatic carbocycles. The first-order chi connectivity index (χ1) is 15.6. The highest BCUT2D eigenvalue weighted by Crippen LogP contribution is 2.21. The van der Waals surface area contributed by atoms with E-state index in [9.17, 15) is 13.2 Å². The molecule has 0 spiro atoms. The number of benzene rings is 2. The Bertz CT molecular complexity index is 1180. The predicted molar refractivity (Wildman–Crippen MR) is 125 cm³/mol. The van der Waals surface area contributed by atoms with E-state index < -0.39 is 10.0 Å². The van der Waals surface area contributed by atoms with Crippen molar-refractivity contribution in [2.45, 2.75) is 52.6 Å². The van der Waals surface area contributed by atoms with Gasteiger partial charge in [0, 0.05) is 12.6 Å². The average Bonchev–Trinajstić information content (AvgIpc) is 3.08. The van der Waals surface area contributed by atoms with Crippen LogP contribution >= 0.6 is 0 Å². The summed E-state index contributed by atoms with van der Waals surface area (Å²) >= 11 is 0. The SMILES string of the molecule is Cc1noc(C)c1COc1ccccc1C(=O)NCc1ccc(CS(=O)(=O)NC(C)C)cc1. The van der Waals surface area contributed by atoms with Crippen LogP contribution in [0.25, 0.3) is 0 Å². The minimum atomic E-state index is -3.38. The number of aromatic nitrogens is 1. The highest BCUT2D eigenvalue weighted by molar-refractivity contribution is 7.88. The van der Waals surface area contributed by atoms with Gasteiger partial charge >= 0.3 is 0 Å². The molecular weight excluding hydrogens is 442 g/mol. The molecule has 3 rings (SSSR count). The summed E-state index contributed by atoms with van der Waals surface area (Å²) in [4.78, 5) is 12.8. The van der Waals surface area contributed by atoms with Crippen molar-refractivity contribution in [2.24, 2.45) is 0 Å². The number of nitrogens with zero attached hydrogens (tertiary/aromatic N) is 1. The second-order valence-electron chi connectivity index (χ2n) is 8.12. The van der Waals surface area contributed by atoms with Crippen molar-refractivity contribution in [1.82, 2.24) is 15.2 Å². The number of hydrogen-bond acceptors (Lipinski definition) is 6. The fourth-order valence-electron chi connectivity index (χ4n) is 3.29. The van der Waals surface area contributed by atoms with Crippen LogP contribution in [0.3, 0.4) is 0 Å². The lowest BCUT2D eigenvalue weighted by atomic mass is 10.1. The molecule has 0 bridgehead atoms. The van der Waals surface area contributed by atoms with E-state index in [0.717, 1.165) is 16.8 Å². The van der Waals surface area contributed by atoms with Crippen LogP contribution in [0.2, 0.25) is 0 Å². The van der Waals surface area contributed by atoms with Crippen LogP contribution < -0.4 is 14.8 Å². The minimum Gasteiger partial charge on any atom is -0.488 e. The molecule has 0 aliphatic rings. The quantitative estimate of drug-likeness (QED) is 0.467. The van der Waals surface area contributed by atoms with Gasteiger partial charge in [0.25, 0.3) is 5.91 Å². The van der Waals surface area contributed by atoms with Crippen molar-refractivity contribution >= 4 is 15.9 Å². The summed E-state index contributed by atoms with van der Waals surface area (Å²) in [5.74, 6) is 0.796. The molecule has 1 amide bonds. The Morgan fingerprint density at radius 1 is 1.06 bits per heavy atom. The number of nitrogens with one attached hydrogen (secondary N) is 2. The molecule has 33 heavy (non-hydrogen) atoms. The Morgan fingerprint density at radius 2 is 1.73 bits per heavy atom. The first-order valence-electron chi connectivity index (χ1n) is 10.6. The zero-order valence-electron chi connectivity index (χ0n) is 19.2. The second-order valence-corrected chi connectivity index (χ2v) is 9.87. The summed E-state index contributed by atoms with van der Waals surface area (Å²) in [6, 6.07) is 14.0. The van der Waals surface area contributed by atoms with Crippen LogP contribution in [0, 0.1) is 13.8 Å². The lowest BCUT2D eigenvalue weighted by Crippen LogP contribution is -2.31. The molecule has 176 valence electrons. The van der Waals surface area contributed by atoms with Crippen molar-refractivity contribution in [3.05, 3.63) is 82.2 Å². The van der Waals surface area contributed by atoms with E-state index in [4.69, 9.17) is 9.26 Å².